The van der Waals surface area contributed by atoms with Crippen molar-refractivity contribution in [1.29, 1.82) is 0 Å². The predicted octanol–water partition coefficient (Wildman–Crippen LogP) is 5.88. The van der Waals surface area contributed by atoms with E-state index in [2.05, 4.69) is 63.6 Å². The first kappa shape index (κ1) is 19.9. The molecule has 4 aromatic rings. The zero-order valence-electron chi connectivity index (χ0n) is 17.2. The number of aromatic nitrogens is 2. The number of imidazole rings is 1. The third kappa shape index (κ3) is 4.21. The SMILES string of the molecule is Fc1cccc(-c2nc3c([nH]2)C=NN(Cc2ccc(C=Cc4ccccc4)cc2)C3)c1F. The molecule has 0 aliphatic carbocycles. The highest BCUT2D eigenvalue weighted by Crippen LogP contribution is 2.25. The standard InChI is InChI=1S/C26H20F2N4/c27-22-8-4-7-21(25(22)28)26-30-23-15-29-32(17-24(23)31-26)16-20-13-11-19(12-14-20)10-9-18-5-2-1-3-6-18/h1-15H,16-17H2,(H,30,31). The summed E-state index contributed by atoms with van der Waals surface area (Å²) >= 11 is 0. The van der Waals surface area contributed by atoms with Crippen LogP contribution in [0.1, 0.15) is 28.1 Å². The van der Waals surface area contributed by atoms with E-state index in [4.69, 9.17) is 0 Å². The Hall–Kier alpha value is -4.06. The van der Waals surface area contributed by atoms with Crippen LogP contribution < -0.4 is 0 Å². The first-order valence-corrected chi connectivity index (χ1v) is 10.3. The van der Waals surface area contributed by atoms with Gasteiger partial charge in [-0.05, 0) is 28.8 Å². The zero-order valence-corrected chi connectivity index (χ0v) is 17.2. The highest BCUT2D eigenvalue weighted by Gasteiger charge is 2.20. The number of rotatable bonds is 5. The number of hydrogen-bond donors (Lipinski definition) is 1. The summed E-state index contributed by atoms with van der Waals surface area (Å²) in [4.78, 5) is 7.51. The predicted molar refractivity (Wildman–Crippen MR) is 123 cm³/mol. The Morgan fingerprint density at radius 1 is 0.875 bits per heavy atom. The minimum atomic E-state index is -0.909. The molecule has 0 amide bonds. The Kier molecular flexibility index (Phi) is 5.34. The van der Waals surface area contributed by atoms with E-state index in [1.807, 2.05) is 23.2 Å². The second kappa shape index (κ2) is 8.59. The number of nitrogens with zero attached hydrogens (tertiary/aromatic N) is 3. The molecule has 158 valence electrons. The van der Waals surface area contributed by atoms with Crippen LogP contribution in [0.15, 0.2) is 77.9 Å². The van der Waals surface area contributed by atoms with Gasteiger partial charge in [-0.25, -0.2) is 13.8 Å². The van der Waals surface area contributed by atoms with Gasteiger partial charge in [-0.3, -0.25) is 5.01 Å². The van der Waals surface area contributed by atoms with Crippen LogP contribution in [0.4, 0.5) is 8.78 Å². The molecule has 5 rings (SSSR count). The van der Waals surface area contributed by atoms with Gasteiger partial charge in [0.1, 0.15) is 5.82 Å². The van der Waals surface area contributed by atoms with E-state index >= 15 is 0 Å². The molecule has 1 aliphatic heterocycles. The van der Waals surface area contributed by atoms with Gasteiger partial charge in [0.2, 0.25) is 0 Å². The van der Waals surface area contributed by atoms with Crippen molar-refractivity contribution in [3.63, 3.8) is 0 Å². The molecule has 0 fully saturated rings. The zero-order chi connectivity index (χ0) is 21.9. The van der Waals surface area contributed by atoms with Gasteiger partial charge in [0.05, 0.1) is 36.3 Å². The van der Waals surface area contributed by atoms with Crippen molar-refractivity contribution in [1.82, 2.24) is 15.0 Å². The highest BCUT2D eigenvalue weighted by atomic mass is 19.2. The molecule has 4 nitrogen and oxygen atoms in total. The van der Waals surface area contributed by atoms with Crippen molar-refractivity contribution in [2.45, 2.75) is 13.1 Å². The van der Waals surface area contributed by atoms with E-state index < -0.39 is 11.6 Å². The Morgan fingerprint density at radius 3 is 2.41 bits per heavy atom. The van der Waals surface area contributed by atoms with Crippen LogP contribution in [-0.4, -0.2) is 21.2 Å². The number of hydrazone groups is 1. The van der Waals surface area contributed by atoms with E-state index in [1.54, 1.807) is 6.21 Å². The summed E-state index contributed by atoms with van der Waals surface area (Å²) < 4.78 is 27.7. The Balaban J connectivity index is 1.26. The van der Waals surface area contributed by atoms with Crippen molar-refractivity contribution in [2.75, 3.05) is 0 Å². The number of benzene rings is 3. The first-order chi connectivity index (χ1) is 15.7. The van der Waals surface area contributed by atoms with Crippen molar-refractivity contribution in [3.05, 3.63) is 113 Å². The van der Waals surface area contributed by atoms with Crippen molar-refractivity contribution in [2.24, 2.45) is 5.10 Å². The summed E-state index contributed by atoms with van der Waals surface area (Å²) in [6.07, 6.45) is 5.84. The highest BCUT2D eigenvalue weighted by molar-refractivity contribution is 5.80. The lowest BCUT2D eigenvalue weighted by atomic mass is 10.1. The molecule has 0 bridgehead atoms. The Morgan fingerprint density at radius 2 is 1.62 bits per heavy atom. The van der Waals surface area contributed by atoms with E-state index in [0.717, 1.165) is 28.5 Å². The lowest BCUT2D eigenvalue weighted by Crippen LogP contribution is -2.21. The van der Waals surface area contributed by atoms with Gasteiger partial charge in [-0.15, -0.1) is 0 Å². The number of aromatic amines is 1. The van der Waals surface area contributed by atoms with Crippen LogP contribution in [0, 0.1) is 11.6 Å². The summed E-state index contributed by atoms with van der Waals surface area (Å²) in [5.41, 5.74) is 4.97. The number of hydrogen-bond acceptors (Lipinski definition) is 3. The largest absolute Gasteiger partial charge is 0.337 e. The molecule has 0 spiro atoms. The first-order valence-electron chi connectivity index (χ1n) is 10.3. The van der Waals surface area contributed by atoms with E-state index in [9.17, 15) is 8.78 Å². The van der Waals surface area contributed by atoms with Crippen LogP contribution in [0.25, 0.3) is 23.5 Å². The lowest BCUT2D eigenvalue weighted by Gasteiger charge is -2.21. The molecule has 0 saturated heterocycles. The van der Waals surface area contributed by atoms with Gasteiger partial charge in [0, 0.05) is 0 Å². The van der Waals surface area contributed by atoms with E-state index in [1.165, 1.54) is 12.1 Å². The maximum absolute atomic E-state index is 14.1. The Labute approximate surface area is 184 Å². The number of fused-ring (bicyclic) bond motifs is 1. The van der Waals surface area contributed by atoms with Crippen LogP contribution in [0.3, 0.4) is 0 Å². The van der Waals surface area contributed by atoms with Crippen LogP contribution in [-0.2, 0) is 13.1 Å². The number of halogens is 2. The molecule has 0 unspecified atom stereocenters. The summed E-state index contributed by atoms with van der Waals surface area (Å²) in [6.45, 7) is 1.10. The second-order valence-electron chi connectivity index (χ2n) is 7.60. The summed E-state index contributed by atoms with van der Waals surface area (Å²) in [5, 5.41) is 6.36. The maximum Gasteiger partial charge on any atom is 0.169 e. The van der Waals surface area contributed by atoms with Crippen LogP contribution in [0.2, 0.25) is 0 Å². The fourth-order valence-electron chi connectivity index (χ4n) is 3.62. The fourth-order valence-corrected chi connectivity index (χ4v) is 3.62. The molecule has 0 atom stereocenters. The number of H-pyrrole nitrogens is 1. The fraction of sp³-hybridized carbons (Fsp3) is 0.0769. The van der Waals surface area contributed by atoms with Gasteiger partial charge in [-0.2, -0.15) is 5.10 Å². The lowest BCUT2D eigenvalue weighted by molar-refractivity contribution is 0.265. The minimum absolute atomic E-state index is 0.110. The van der Waals surface area contributed by atoms with Gasteiger partial charge >= 0.3 is 0 Å². The topological polar surface area (TPSA) is 44.3 Å². The van der Waals surface area contributed by atoms with Crippen molar-refractivity contribution < 1.29 is 8.78 Å². The molecule has 0 radical (unpaired) electrons. The molecular weight excluding hydrogens is 406 g/mol. The van der Waals surface area contributed by atoms with Gasteiger partial charge in [0.25, 0.3) is 0 Å². The van der Waals surface area contributed by atoms with Gasteiger partial charge in [-0.1, -0.05) is 72.8 Å². The third-order valence-electron chi connectivity index (χ3n) is 5.31. The second-order valence-corrected chi connectivity index (χ2v) is 7.60. The molecule has 1 aromatic heterocycles. The molecular formula is C26H20F2N4. The van der Waals surface area contributed by atoms with Gasteiger partial charge in [0.15, 0.2) is 11.6 Å². The quantitative estimate of drug-likeness (QED) is 0.405. The molecule has 0 saturated carbocycles. The molecule has 1 N–H and O–H groups in total. The smallest absolute Gasteiger partial charge is 0.169 e. The summed E-state index contributed by atoms with van der Waals surface area (Å²) in [7, 11) is 0. The molecule has 32 heavy (non-hydrogen) atoms. The summed E-state index contributed by atoms with van der Waals surface area (Å²) in [6, 6.07) is 22.5. The third-order valence-corrected chi connectivity index (χ3v) is 5.31. The average molecular weight is 426 g/mol. The molecule has 3 aromatic carbocycles. The minimum Gasteiger partial charge on any atom is -0.337 e. The van der Waals surface area contributed by atoms with E-state index in [0.29, 0.717) is 24.6 Å². The van der Waals surface area contributed by atoms with Crippen molar-refractivity contribution in [3.8, 4) is 11.4 Å². The molecule has 6 heteroatoms. The molecule has 1 aliphatic rings. The summed E-state index contributed by atoms with van der Waals surface area (Å²) in [5.74, 6) is -1.50. The number of nitrogens with one attached hydrogen (secondary N) is 1. The van der Waals surface area contributed by atoms with Crippen molar-refractivity contribution >= 4 is 18.4 Å². The van der Waals surface area contributed by atoms with E-state index in [-0.39, 0.29) is 5.56 Å². The maximum atomic E-state index is 14.1. The monoisotopic (exact) mass is 426 g/mol. The Bertz CT molecular complexity index is 1290. The van der Waals surface area contributed by atoms with Crippen LogP contribution >= 0.6 is 0 Å². The normalized spacial score (nSPS) is 13.0. The van der Waals surface area contributed by atoms with Crippen LogP contribution in [0.5, 0.6) is 0 Å². The molecule has 2 heterocycles. The average Bonchev–Trinajstić information content (AvgIpc) is 3.24. The van der Waals surface area contributed by atoms with Gasteiger partial charge < -0.3 is 4.98 Å².